The molecule has 184 valence electrons. The van der Waals surface area contributed by atoms with E-state index < -0.39 is 17.7 Å². The average Bonchev–Trinajstić information content (AvgIpc) is 3.54. The summed E-state index contributed by atoms with van der Waals surface area (Å²) in [6.45, 7) is 0.214. The first-order chi connectivity index (χ1) is 18.6. The van der Waals surface area contributed by atoms with Gasteiger partial charge in [0.2, 0.25) is 5.95 Å². The molecule has 0 spiro atoms. The molecular formula is C26H15F2N9O. The Morgan fingerprint density at radius 3 is 2.71 bits per heavy atom. The molecule has 0 bridgehead atoms. The van der Waals surface area contributed by atoms with Gasteiger partial charge in [-0.3, -0.25) is 4.57 Å². The van der Waals surface area contributed by atoms with Crippen LogP contribution in [0.15, 0.2) is 61.6 Å². The van der Waals surface area contributed by atoms with Crippen LogP contribution in [0, 0.1) is 23.0 Å². The number of nitriles is 1. The fourth-order valence-electron chi connectivity index (χ4n) is 4.82. The summed E-state index contributed by atoms with van der Waals surface area (Å²) in [7, 11) is 0. The highest BCUT2D eigenvalue weighted by molar-refractivity contribution is 5.80. The van der Waals surface area contributed by atoms with Crippen LogP contribution in [0.1, 0.15) is 23.6 Å². The van der Waals surface area contributed by atoms with Crippen molar-refractivity contribution in [2.75, 3.05) is 6.61 Å². The second-order valence-corrected chi connectivity index (χ2v) is 8.70. The minimum atomic E-state index is -0.771. The Hall–Kier alpha value is -5.31. The second kappa shape index (κ2) is 8.38. The van der Waals surface area contributed by atoms with Gasteiger partial charge in [-0.25, -0.2) is 33.7 Å². The zero-order valence-electron chi connectivity index (χ0n) is 19.5. The normalized spacial score (nSPS) is 14.8. The van der Waals surface area contributed by atoms with E-state index in [1.54, 1.807) is 47.7 Å². The highest BCUT2D eigenvalue weighted by atomic mass is 19.1. The van der Waals surface area contributed by atoms with Crippen LogP contribution >= 0.6 is 0 Å². The molecule has 10 nitrogen and oxygen atoms in total. The minimum Gasteiger partial charge on any atom is -0.490 e. The number of aromatic nitrogens is 8. The molecule has 0 aliphatic carbocycles. The van der Waals surface area contributed by atoms with E-state index in [0.29, 0.717) is 57.1 Å². The molecule has 0 amide bonds. The molecule has 0 saturated heterocycles. The highest BCUT2D eigenvalue weighted by Crippen LogP contribution is 2.40. The van der Waals surface area contributed by atoms with Crippen molar-refractivity contribution in [2.24, 2.45) is 0 Å². The van der Waals surface area contributed by atoms with Gasteiger partial charge in [0.05, 0.1) is 47.1 Å². The van der Waals surface area contributed by atoms with Crippen LogP contribution in [0.25, 0.3) is 39.5 Å². The Balaban J connectivity index is 1.49. The second-order valence-electron chi connectivity index (χ2n) is 8.70. The van der Waals surface area contributed by atoms with E-state index in [-0.39, 0.29) is 12.4 Å². The van der Waals surface area contributed by atoms with Crippen molar-refractivity contribution >= 4 is 22.2 Å². The number of imidazole rings is 2. The maximum absolute atomic E-state index is 14.7. The van der Waals surface area contributed by atoms with Gasteiger partial charge in [0.15, 0.2) is 17.2 Å². The lowest BCUT2D eigenvalue weighted by Crippen LogP contribution is -2.22. The maximum atomic E-state index is 14.7. The molecule has 0 N–H and O–H groups in total. The topological polar surface area (TPSA) is 120 Å². The summed E-state index contributed by atoms with van der Waals surface area (Å²) in [6, 6.07) is 8.81. The molecule has 0 fully saturated rings. The molecule has 1 aliphatic heterocycles. The largest absolute Gasteiger partial charge is 0.490 e. The third-order valence-corrected chi connectivity index (χ3v) is 6.48. The van der Waals surface area contributed by atoms with Crippen LogP contribution in [0.4, 0.5) is 8.78 Å². The number of ether oxygens (including phenoxy) is 1. The fourth-order valence-corrected chi connectivity index (χ4v) is 4.82. The maximum Gasteiger partial charge on any atom is 0.237 e. The van der Waals surface area contributed by atoms with Gasteiger partial charge in [0.1, 0.15) is 29.8 Å². The van der Waals surface area contributed by atoms with Gasteiger partial charge < -0.3 is 9.30 Å². The van der Waals surface area contributed by atoms with Crippen LogP contribution in [-0.4, -0.2) is 45.6 Å². The number of hydrogen-bond acceptors (Lipinski definition) is 8. The Kier molecular flexibility index (Phi) is 4.83. The molecule has 1 atom stereocenters. The molecule has 6 aromatic rings. The third-order valence-electron chi connectivity index (χ3n) is 6.48. The van der Waals surface area contributed by atoms with Crippen molar-refractivity contribution in [3.8, 4) is 29.2 Å². The molecular weight excluding hydrogens is 492 g/mol. The highest BCUT2D eigenvalue weighted by Gasteiger charge is 2.31. The molecule has 0 unspecified atom stereocenters. The Labute approximate surface area is 212 Å². The van der Waals surface area contributed by atoms with Crippen molar-refractivity contribution in [1.82, 2.24) is 39.0 Å². The van der Waals surface area contributed by atoms with E-state index in [4.69, 9.17) is 14.7 Å². The first-order valence-corrected chi connectivity index (χ1v) is 11.6. The average molecular weight is 507 g/mol. The van der Waals surface area contributed by atoms with Crippen LogP contribution in [0.5, 0.6) is 5.75 Å². The first kappa shape index (κ1) is 21.9. The van der Waals surface area contributed by atoms with Gasteiger partial charge in [0, 0.05) is 30.4 Å². The summed E-state index contributed by atoms with van der Waals surface area (Å²) in [5.41, 5.74) is 3.66. The van der Waals surface area contributed by atoms with Crippen LogP contribution in [-0.2, 0) is 0 Å². The molecule has 1 aliphatic rings. The van der Waals surface area contributed by atoms with E-state index >= 15 is 0 Å². The van der Waals surface area contributed by atoms with Crippen molar-refractivity contribution < 1.29 is 13.5 Å². The van der Waals surface area contributed by atoms with E-state index in [0.717, 1.165) is 6.07 Å². The van der Waals surface area contributed by atoms with Gasteiger partial charge in [-0.1, -0.05) is 0 Å². The fraction of sp³-hybridized carbons (Fsp3) is 0.115. The first-order valence-electron chi connectivity index (χ1n) is 11.6. The van der Waals surface area contributed by atoms with Gasteiger partial charge in [0.25, 0.3) is 0 Å². The van der Waals surface area contributed by atoms with Gasteiger partial charge in [-0.2, -0.15) is 10.2 Å². The van der Waals surface area contributed by atoms with Gasteiger partial charge in [-0.15, -0.1) is 0 Å². The summed E-state index contributed by atoms with van der Waals surface area (Å²) < 4.78 is 38.1. The van der Waals surface area contributed by atoms with Crippen LogP contribution in [0.3, 0.4) is 0 Å². The standard InChI is InChI=1S/C26H15F2N9O/c27-16-6-17-21(3-4-38-23(17)18(28)7-16)37-24(15-9-30-12-31-10-15)34-20-11-32-26(35-25(20)37)36-13-33-19-2-1-14(8-29)5-22(19)36/h1-2,5-7,9-13,21H,3-4H2/t21-/m1/s1. The lowest BCUT2D eigenvalue weighted by atomic mass is 9.99. The predicted molar refractivity (Wildman–Crippen MR) is 130 cm³/mol. The molecule has 0 radical (unpaired) electrons. The summed E-state index contributed by atoms with van der Waals surface area (Å²) >= 11 is 0. The van der Waals surface area contributed by atoms with E-state index in [1.165, 1.54) is 12.4 Å². The molecule has 38 heavy (non-hydrogen) atoms. The van der Waals surface area contributed by atoms with Crippen molar-refractivity contribution in [3.05, 3.63) is 84.3 Å². The summed E-state index contributed by atoms with van der Waals surface area (Å²) in [4.78, 5) is 26.7. The van der Waals surface area contributed by atoms with Crippen LogP contribution < -0.4 is 4.74 Å². The number of halogens is 2. The number of rotatable bonds is 3. The van der Waals surface area contributed by atoms with Gasteiger partial charge in [-0.05, 0) is 24.3 Å². The number of nitrogens with zero attached hydrogens (tertiary/aromatic N) is 9. The number of hydrogen-bond donors (Lipinski definition) is 0. The Bertz CT molecular complexity index is 1910. The lowest BCUT2D eigenvalue weighted by Gasteiger charge is -2.28. The lowest BCUT2D eigenvalue weighted by molar-refractivity contribution is 0.244. The molecule has 12 heteroatoms. The predicted octanol–water partition coefficient (Wildman–Crippen LogP) is 4.14. The summed E-state index contributed by atoms with van der Waals surface area (Å²) in [5.74, 6) is -0.716. The number of benzene rings is 2. The van der Waals surface area contributed by atoms with Gasteiger partial charge >= 0.3 is 0 Å². The molecule has 5 heterocycles. The van der Waals surface area contributed by atoms with E-state index in [2.05, 4.69) is 26.0 Å². The van der Waals surface area contributed by atoms with Crippen molar-refractivity contribution in [1.29, 1.82) is 5.26 Å². The zero-order chi connectivity index (χ0) is 25.8. The van der Waals surface area contributed by atoms with Crippen molar-refractivity contribution in [2.45, 2.75) is 12.5 Å². The Morgan fingerprint density at radius 2 is 1.87 bits per heavy atom. The SMILES string of the molecule is N#Cc1ccc2ncn(-c3ncc4nc(-c5cncnc5)n([C@@H]5CCOc6c(F)cc(F)cc65)c4n3)c2c1. The molecule has 4 aromatic heterocycles. The Morgan fingerprint density at radius 1 is 1.00 bits per heavy atom. The summed E-state index contributed by atoms with van der Waals surface area (Å²) in [5, 5.41) is 9.35. The zero-order valence-corrected chi connectivity index (χ0v) is 19.5. The molecule has 2 aromatic carbocycles. The monoisotopic (exact) mass is 507 g/mol. The quantitative estimate of drug-likeness (QED) is 0.350. The van der Waals surface area contributed by atoms with Crippen molar-refractivity contribution in [3.63, 3.8) is 0 Å². The minimum absolute atomic E-state index is 0.00122. The summed E-state index contributed by atoms with van der Waals surface area (Å²) in [6.07, 6.45) is 8.20. The third kappa shape index (κ3) is 3.36. The molecule has 7 rings (SSSR count). The van der Waals surface area contributed by atoms with Crippen LogP contribution in [0.2, 0.25) is 0 Å². The smallest absolute Gasteiger partial charge is 0.237 e. The molecule has 0 saturated carbocycles. The van der Waals surface area contributed by atoms with E-state index in [9.17, 15) is 14.0 Å². The van der Waals surface area contributed by atoms with E-state index in [1.807, 2.05) is 4.57 Å². The number of fused-ring (bicyclic) bond motifs is 3.